The summed E-state index contributed by atoms with van der Waals surface area (Å²) in [5.41, 5.74) is 1.89. The molecular formula is C16H15ClN2O3S. The standard InChI is InChI=1S/C16H15ClN2O3S/c1-22-16(21)13-10-4-2-3-5-11(10)23-15(13)19-14(20)9-6-7-12(17)18-8-9/h6-8H,2-5H2,1H3,(H,19,20). The fraction of sp³-hybridized carbons (Fsp3) is 0.312. The summed E-state index contributed by atoms with van der Waals surface area (Å²) in [7, 11) is 1.35. The van der Waals surface area contributed by atoms with E-state index in [1.54, 1.807) is 12.1 Å². The molecule has 0 saturated heterocycles. The van der Waals surface area contributed by atoms with Gasteiger partial charge in [0, 0.05) is 11.1 Å². The molecule has 0 aliphatic heterocycles. The van der Waals surface area contributed by atoms with Crippen LogP contribution in [0.2, 0.25) is 5.15 Å². The number of aryl methyl sites for hydroxylation is 1. The minimum Gasteiger partial charge on any atom is -0.465 e. The third kappa shape index (κ3) is 3.23. The molecule has 23 heavy (non-hydrogen) atoms. The van der Waals surface area contributed by atoms with Gasteiger partial charge in [-0.1, -0.05) is 11.6 Å². The summed E-state index contributed by atoms with van der Waals surface area (Å²) in [6, 6.07) is 3.15. The highest BCUT2D eigenvalue weighted by Crippen LogP contribution is 2.38. The van der Waals surface area contributed by atoms with Crippen molar-refractivity contribution in [2.75, 3.05) is 12.4 Å². The highest BCUT2D eigenvalue weighted by Gasteiger charge is 2.27. The molecule has 0 saturated carbocycles. The van der Waals surface area contributed by atoms with Crippen LogP contribution in [0.1, 0.15) is 44.0 Å². The predicted octanol–water partition coefficient (Wildman–Crippen LogP) is 3.71. The summed E-state index contributed by atoms with van der Waals surface area (Å²) >= 11 is 7.18. The lowest BCUT2D eigenvalue weighted by molar-refractivity contribution is 0.0601. The van der Waals surface area contributed by atoms with Crippen molar-refractivity contribution < 1.29 is 14.3 Å². The van der Waals surface area contributed by atoms with E-state index in [9.17, 15) is 9.59 Å². The van der Waals surface area contributed by atoms with Gasteiger partial charge in [0.1, 0.15) is 10.2 Å². The second-order valence-electron chi connectivity index (χ2n) is 5.23. The van der Waals surface area contributed by atoms with Gasteiger partial charge >= 0.3 is 5.97 Å². The van der Waals surface area contributed by atoms with Gasteiger partial charge in [-0.15, -0.1) is 11.3 Å². The Labute approximate surface area is 142 Å². The summed E-state index contributed by atoms with van der Waals surface area (Å²) in [5, 5.41) is 3.68. The van der Waals surface area contributed by atoms with Crippen molar-refractivity contribution in [3.8, 4) is 0 Å². The molecule has 0 atom stereocenters. The summed E-state index contributed by atoms with van der Waals surface area (Å²) in [5.74, 6) is -0.730. The molecule has 1 aliphatic rings. The van der Waals surface area contributed by atoms with Gasteiger partial charge in [-0.05, 0) is 43.4 Å². The van der Waals surface area contributed by atoms with Crippen molar-refractivity contribution in [2.45, 2.75) is 25.7 Å². The summed E-state index contributed by atoms with van der Waals surface area (Å²) < 4.78 is 4.89. The van der Waals surface area contributed by atoms with Crippen LogP contribution in [-0.2, 0) is 17.6 Å². The Hall–Kier alpha value is -1.92. The smallest absolute Gasteiger partial charge is 0.341 e. The molecule has 2 aromatic rings. The number of rotatable bonds is 3. The van der Waals surface area contributed by atoms with Crippen molar-refractivity contribution in [3.63, 3.8) is 0 Å². The molecule has 5 nitrogen and oxygen atoms in total. The first kappa shape index (κ1) is 16.0. The van der Waals surface area contributed by atoms with Crippen molar-refractivity contribution in [1.29, 1.82) is 0 Å². The summed E-state index contributed by atoms with van der Waals surface area (Å²) in [4.78, 5) is 29.5. The number of methoxy groups -OCH3 is 1. The monoisotopic (exact) mass is 350 g/mol. The molecule has 2 heterocycles. The molecule has 7 heteroatoms. The average molecular weight is 351 g/mol. The van der Waals surface area contributed by atoms with Crippen LogP contribution < -0.4 is 5.32 Å². The van der Waals surface area contributed by atoms with E-state index in [1.807, 2.05) is 0 Å². The van der Waals surface area contributed by atoms with E-state index in [2.05, 4.69) is 10.3 Å². The van der Waals surface area contributed by atoms with Crippen molar-refractivity contribution >= 4 is 39.8 Å². The van der Waals surface area contributed by atoms with Gasteiger partial charge in [0.05, 0.1) is 18.2 Å². The highest BCUT2D eigenvalue weighted by atomic mass is 35.5. The van der Waals surface area contributed by atoms with E-state index < -0.39 is 5.97 Å². The lowest BCUT2D eigenvalue weighted by Crippen LogP contribution is -2.15. The Balaban J connectivity index is 1.93. The van der Waals surface area contributed by atoms with Crippen LogP contribution in [0.3, 0.4) is 0 Å². The quantitative estimate of drug-likeness (QED) is 0.676. The molecule has 2 aromatic heterocycles. The molecule has 1 amide bonds. The van der Waals surface area contributed by atoms with Crippen molar-refractivity contribution in [3.05, 3.63) is 45.1 Å². The van der Waals surface area contributed by atoms with Gasteiger partial charge < -0.3 is 10.1 Å². The Bertz CT molecular complexity index is 755. The van der Waals surface area contributed by atoms with E-state index in [0.717, 1.165) is 36.1 Å². The number of aromatic nitrogens is 1. The molecule has 0 bridgehead atoms. The number of carbonyl (C=O) groups is 2. The largest absolute Gasteiger partial charge is 0.465 e. The first-order chi connectivity index (χ1) is 11.1. The van der Waals surface area contributed by atoms with Gasteiger partial charge in [-0.2, -0.15) is 0 Å². The fourth-order valence-electron chi connectivity index (χ4n) is 2.66. The number of anilines is 1. The number of nitrogens with zero attached hydrogens (tertiary/aromatic N) is 1. The lowest BCUT2D eigenvalue weighted by Gasteiger charge is -2.11. The molecular weight excluding hydrogens is 336 g/mol. The molecule has 0 unspecified atom stereocenters. The number of esters is 1. The third-order valence-electron chi connectivity index (χ3n) is 3.78. The first-order valence-electron chi connectivity index (χ1n) is 7.26. The SMILES string of the molecule is COC(=O)c1c(NC(=O)c2ccc(Cl)nc2)sc2c1CCCC2. The topological polar surface area (TPSA) is 68.3 Å². The second kappa shape index (κ2) is 6.68. The van der Waals surface area contributed by atoms with E-state index >= 15 is 0 Å². The molecule has 1 N–H and O–H groups in total. The summed E-state index contributed by atoms with van der Waals surface area (Å²) in [6.07, 6.45) is 5.32. The molecule has 0 fully saturated rings. The predicted molar refractivity (Wildman–Crippen MR) is 89.5 cm³/mol. The molecule has 1 aliphatic carbocycles. The minimum absolute atomic E-state index is 0.321. The lowest BCUT2D eigenvalue weighted by atomic mass is 9.95. The second-order valence-corrected chi connectivity index (χ2v) is 6.72. The van der Waals surface area contributed by atoms with Gasteiger partial charge in [0.15, 0.2) is 0 Å². The number of amides is 1. The molecule has 3 rings (SSSR count). The van der Waals surface area contributed by atoms with Crippen LogP contribution >= 0.6 is 22.9 Å². The fourth-order valence-corrected chi connectivity index (χ4v) is 4.04. The first-order valence-corrected chi connectivity index (χ1v) is 8.45. The Morgan fingerprint density at radius 1 is 1.30 bits per heavy atom. The van der Waals surface area contributed by atoms with E-state index in [0.29, 0.717) is 21.3 Å². The van der Waals surface area contributed by atoms with Crippen LogP contribution in [0.15, 0.2) is 18.3 Å². The number of hydrogen-bond acceptors (Lipinski definition) is 5. The van der Waals surface area contributed by atoms with Gasteiger partial charge in [0.25, 0.3) is 5.91 Å². The molecule has 0 aromatic carbocycles. The zero-order chi connectivity index (χ0) is 16.4. The Morgan fingerprint density at radius 3 is 2.78 bits per heavy atom. The van der Waals surface area contributed by atoms with Crippen LogP contribution in [0.4, 0.5) is 5.00 Å². The molecule has 0 spiro atoms. The zero-order valence-electron chi connectivity index (χ0n) is 12.5. The van der Waals surface area contributed by atoms with Gasteiger partial charge in [-0.25, -0.2) is 9.78 Å². The highest BCUT2D eigenvalue weighted by molar-refractivity contribution is 7.17. The van der Waals surface area contributed by atoms with Crippen molar-refractivity contribution in [1.82, 2.24) is 4.98 Å². The van der Waals surface area contributed by atoms with Gasteiger partial charge in [0.2, 0.25) is 0 Å². The number of nitrogens with one attached hydrogen (secondary N) is 1. The third-order valence-corrected chi connectivity index (χ3v) is 5.21. The Morgan fingerprint density at radius 2 is 2.09 bits per heavy atom. The van der Waals surface area contributed by atoms with Crippen LogP contribution in [0.25, 0.3) is 0 Å². The van der Waals surface area contributed by atoms with Crippen molar-refractivity contribution in [2.24, 2.45) is 0 Å². The maximum atomic E-state index is 12.4. The maximum Gasteiger partial charge on any atom is 0.341 e. The Kier molecular flexibility index (Phi) is 4.63. The summed E-state index contributed by atoms with van der Waals surface area (Å²) in [6.45, 7) is 0. The number of hydrogen-bond donors (Lipinski definition) is 1. The van der Waals surface area contributed by atoms with E-state index in [1.165, 1.54) is 24.6 Å². The number of carbonyl (C=O) groups excluding carboxylic acids is 2. The minimum atomic E-state index is -0.408. The van der Waals surface area contributed by atoms with E-state index in [-0.39, 0.29) is 5.91 Å². The van der Waals surface area contributed by atoms with Gasteiger partial charge in [-0.3, -0.25) is 4.79 Å². The number of ether oxygens (including phenoxy) is 1. The molecule has 120 valence electrons. The maximum absolute atomic E-state index is 12.4. The van der Waals surface area contributed by atoms with E-state index in [4.69, 9.17) is 16.3 Å². The number of thiophene rings is 1. The number of fused-ring (bicyclic) bond motifs is 1. The number of pyridine rings is 1. The number of halogens is 1. The normalized spacial score (nSPS) is 13.3. The molecule has 0 radical (unpaired) electrons. The van der Waals surface area contributed by atoms with Crippen LogP contribution in [-0.4, -0.2) is 24.0 Å². The van der Waals surface area contributed by atoms with Crippen LogP contribution in [0, 0.1) is 0 Å². The zero-order valence-corrected chi connectivity index (χ0v) is 14.1. The van der Waals surface area contributed by atoms with Crippen LogP contribution in [0.5, 0.6) is 0 Å². The average Bonchev–Trinajstić information content (AvgIpc) is 2.92.